The van der Waals surface area contributed by atoms with E-state index in [9.17, 15) is 0 Å². The molecule has 1 fully saturated rings. The number of allylic oxidation sites excluding steroid dienone is 1. The Morgan fingerprint density at radius 3 is 2.92 bits per heavy atom. The first kappa shape index (κ1) is 25.6. The third-order valence-electron chi connectivity index (χ3n) is 6.46. The van der Waals surface area contributed by atoms with Crippen molar-refractivity contribution in [1.29, 1.82) is 0 Å². The SMILES string of the molecule is Cc1cc(OCc2cnc(SC3C=CCCC3)n2-c2cccnc2)ccc1C#CCOC1CCCCO1. The van der Waals surface area contributed by atoms with Gasteiger partial charge >= 0.3 is 0 Å². The molecule has 192 valence electrons. The fourth-order valence-corrected chi connectivity index (χ4v) is 5.65. The van der Waals surface area contributed by atoms with Crippen molar-refractivity contribution in [3.8, 4) is 23.3 Å². The molecule has 0 N–H and O–H groups in total. The van der Waals surface area contributed by atoms with Crippen LogP contribution in [0.4, 0.5) is 0 Å². The van der Waals surface area contributed by atoms with Crippen LogP contribution in [0.3, 0.4) is 0 Å². The van der Waals surface area contributed by atoms with Gasteiger partial charge in [0, 0.05) is 23.6 Å². The van der Waals surface area contributed by atoms with Crippen LogP contribution in [0.1, 0.15) is 55.3 Å². The molecular formula is C30H33N3O3S. The molecule has 2 atom stereocenters. The minimum Gasteiger partial charge on any atom is -0.487 e. The van der Waals surface area contributed by atoms with Crippen LogP contribution in [0, 0.1) is 18.8 Å². The standard InChI is InChI=1S/C30H33N3O3S/c1-23-19-27(15-14-24(23)9-8-18-35-29-13-5-6-17-34-29)36-22-26-21-32-30(37-28-11-3-2-4-12-28)33(26)25-10-7-16-31-20-25/h3,7,10-11,14-16,19-21,28-29H,2,4-6,12-13,17-18,22H2,1H3. The molecule has 1 aromatic carbocycles. The summed E-state index contributed by atoms with van der Waals surface area (Å²) >= 11 is 1.80. The maximum Gasteiger partial charge on any atom is 0.173 e. The van der Waals surface area contributed by atoms with Crippen molar-refractivity contribution < 1.29 is 14.2 Å². The van der Waals surface area contributed by atoms with E-state index in [1.807, 2.05) is 43.6 Å². The molecule has 0 amide bonds. The van der Waals surface area contributed by atoms with Crippen LogP contribution in [0.2, 0.25) is 0 Å². The summed E-state index contributed by atoms with van der Waals surface area (Å²) in [6.07, 6.45) is 16.8. The molecule has 5 rings (SSSR count). The zero-order chi connectivity index (χ0) is 25.3. The number of rotatable bonds is 8. The Morgan fingerprint density at radius 1 is 1.16 bits per heavy atom. The molecular weight excluding hydrogens is 482 g/mol. The number of pyridine rings is 1. The highest BCUT2D eigenvalue weighted by molar-refractivity contribution is 7.99. The summed E-state index contributed by atoms with van der Waals surface area (Å²) in [5.41, 5.74) is 4.02. The minimum atomic E-state index is -0.113. The Hall–Kier alpha value is -3.05. The quantitative estimate of drug-likeness (QED) is 0.261. The number of aromatic nitrogens is 3. The number of ether oxygens (including phenoxy) is 3. The van der Waals surface area contributed by atoms with E-state index in [1.54, 1.807) is 18.0 Å². The average molecular weight is 516 g/mol. The van der Waals surface area contributed by atoms with E-state index in [4.69, 9.17) is 19.2 Å². The summed E-state index contributed by atoms with van der Waals surface area (Å²) in [5.74, 6) is 7.13. The monoisotopic (exact) mass is 515 g/mol. The molecule has 0 radical (unpaired) electrons. The van der Waals surface area contributed by atoms with Crippen LogP contribution >= 0.6 is 11.8 Å². The van der Waals surface area contributed by atoms with Crippen molar-refractivity contribution in [2.75, 3.05) is 13.2 Å². The largest absolute Gasteiger partial charge is 0.487 e. The summed E-state index contributed by atoms with van der Waals surface area (Å²) in [7, 11) is 0. The Balaban J connectivity index is 1.24. The summed E-state index contributed by atoms with van der Waals surface area (Å²) in [4.78, 5) is 9.08. The van der Waals surface area contributed by atoms with Crippen LogP contribution < -0.4 is 4.74 Å². The van der Waals surface area contributed by atoms with Crippen molar-refractivity contribution in [2.45, 2.75) is 68.8 Å². The lowest BCUT2D eigenvalue weighted by atomic mass is 10.1. The molecule has 37 heavy (non-hydrogen) atoms. The number of thioether (sulfide) groups is 1. The number of nitrogens with zero attached hydrogens (tertiary/aromatic N) is 3. The van der Waals surface area contributed by atoms with Gasteiger partial charge in [0.25, 0.3) is 0 Å². The maximum absolute atomic E-state index is 6.20. The topological polar surface area (TPSA) is 58.4 Å². The van der Waals surface area contributed by atoms with Gasteiger partial charge in [-0.15, -0.1) is 0 Å². The van der Waals surface area contributed by atoms with Crippen molar-refractivity contribution in [3.63, 3.8) is 0 Å². The number of aryl methyl sites for hydroxylation is 1. The minimum absolute atomic E-state index is 0.113. The molecule has 3 aromatic rings. The second kappa shape index (κ2) is 13.0. The fourth-order valence-electron chi connectivity index (χ4n) is 4.46. The smallest absolute Gasteiger partial charge is 0.173 e. The van der Waals surface area contributed by atoms with E-state index in [0.29, 0.717) is 18.5 Å². The highest BCUT2D eigenvalue weighted by atomic mass is 32.2. The highest BCUT2D eigenvalue weighted by Gasteiger charge is 2.18. The van der Waals surface area contributed by atoms with Crippen LogP contribution in [-0.4, -0.2) is 39.3 Å². The molecule has 6 nitrogen and oxygen atoms in total. The Bertz CT molecular complexity index is 1260. The van der Waals surface area contributed by atoms with Crippen LogP contribution in [-0.2, 0) is 16.1 Å². The van der Waals surface area contributed by atoms with Gasteiger partial charge < -0.3 is 14.2 Å². The van der Waals surface area contributed by atoms with Crippen molar-refractivity contribution in [3.05, 3.63) is 77.9 Å². The van der Waals surface area contributed by atoms with Gasteiger partial charge in [0.1, 0.15) is 19.0 Å². The molecule has 0 bridgehead atoms. The Kier molecular flexibility index (Phi) is 8.96. The molecule has 0 spiro atoms. The third-order valence-corrected chi connectivity index (χ3v) is 7.65. The number of hydrogen-bond donors (Lipinski definition) is 0. The molecule has 1 saturated heterocycles. The molecule has 1 aliphatic carbocycles. The van der Waals surface area contributed by atoms with Gasteiger partial charge in [-0.1, -0.05) is 35.8 Å². The van der Waals surface area contributed by atoms with Gasteiger partial charge in [-0.2, -0.15) is 0 Å². The van der Waals surface area contributed by atoms with Crippen molar-refractivity contribution in [2.24, 2.45) is 0 Å². The third kappa shape index (κ3) is 7.04. The zero-order valence-corrected chi connectivity index (χ0v) is 22.1. The van der Waals surface area contributed by atoms with Crippen LogP contribution in [0.5, 0.6) is 5.75 Å². The molecule has 1 aliphatic heterocycles. The number of hydrogen-bond acceptors (Lipinski definition) is 6. The van der Waals surface area contributed by atoms with Gasteiger partial charge in [0.05, 0.1) is 23.8 Å². The van der Waals surface area contributed by atoms with Crippen LogP contribution in [0.15, 0.2) is 66.2 Å². The van der Waals surface area contributed by atoms with Gasteiger partial charge in [0.2, 0.25) is 0 Å². The Morgan fingerprint density at radius 2 is 2.14 bits per heavy atom. The highest BCUT2D eigenvalue weighted by Crippen LogP contribution is 2.32. The van der Waals surface area contributed by atoms with Crippen LogP contribution in [0.25, 0.3) is 5.69 Å². The van der Waals surface area contributed by atoms with E-state index < -0.39 is 0 Å². The van der Waals surface area contributed by atoms with E-state index in [0.717, 1.165) is 59.3 Å². The predicted octanol–water partition coefficient (Wildman–Crippen LogP) is 6.25. The molecule has 3 heterocycles. The lowest BCUT2D eigenvalue weighted by Gasteiger charge is -2.21. The van der Waals surface area contributed by atoms with E-state index in [2.05, 4.69) is 39.6 Å². The van der Waals surface area contributed by atoms with E-state index in [1.165, 1.54) is 19.3 Å². The lowest BCUT2D eigenvalue weighted by molar-refractivity contribution is -0.154. The fraction of sp³-hybridized carbons (Fsp3) is 0.400. The lowest BCUT2D eigenvalue weighted by Crippen LogP contribution is -2.22. The first-order chi connectivity index (χ1) is 18.3. The number of imidazole rings is 1. The summed E-state index contributed by atoms with van der Waals surface area (Å²) in [6.45, 7) is 3.61. The summed E-state index contributed by atoms with van der Waals surface area (Å²) in [5, 5.41) is 1.41. The molecule has 2 aromatic heterocycles. The molecule has 7 heteroatoms. The molecule has 0 saturated carbocycles. The van der Waals surface area contributed by atoms with Gasteiger partial charge in [-0.05, 0) is 81.3 Å². The van der Waals surface area contributed by atoms with Crippen molar-refractivity contribution >= 4 is 11.8 Å². The Labute approximate surface area is 223 Å². The number of benzene rings is 1. The van der Waals surface area contributed by atoms with Gasteiger partial charge in [-0.3, -0.25) is 9.55 Å². The van der Waals surface area contributed by atoms with Gasteiger partial charge in [-0.25, -0.2) is 4.98 Å². The van der Waals surface area contributed by atoms with E-state index in [-0.39, 0.29) is 6.29 Å². The molecule has 2 aliphatic rings. The normalized spacial score (nSPS) is 19.3. The van der Waals surface area contributed by atoms with Crippen molar-refractivity contribution in [1.82, 2.24) is 14.5 Å². The average Bonchev–Trinajstić information content (AvgIpc) is 3.34. The van der Waals surface area contributed by atoms with Gasteiger partial charge in [0.15, 0.2) is 11.4 Å². The molecule has 2 unspecified atom stereocenters. The summed E-state index contributed by atoms with van der Waals surface area (Å²) < 4.78 is 19.7. The first-order valence-corrected chi connectivity index (χ1v) is 13.9. The first-order valence-electron chi connectivity index (χ1n) is 13.0. The zero-order valence-electron chi connectivity index (χ0n) is 21.3. The second-order valence-electron chi connectivity index (χ2n) is 9.27. The summed E-state index contributed by atoms with van der Waals surface area (Å²) in [6, 6.07) is 10.0. The maximum atomic E-state index is 6.20. The van der Waals surface area contributed by atoms with E-state index >= 15 is 0 Å². The predicted molar refractivity (Wildman–Crippen MR) is 146 cm³/mol. The second-order valence-corrected chi connectivity index (χ2v) is 10.5.